The summed E-state index contributed by atoms with van der Waals surface area (Å²) in [5.74, 6) is 0. The molecule has 3 aromatic rings. The van der Waals surface area contributed by atoms with Gasteiger partial charge < -0.3 is 4.57 Å². The van der Waals surface area contributed by atoms with E-state index < -0.39 is 27.9 Å². The molecule has 0 saturated carbocycles. The van der Waals surface area contributed by atoms with Crippen LogP contribution in [0.3, 0.4) is 0 Å². The summed E-state index contributed by atoms with van der Waals surface area (Å²) in [5, 5.41) is 11.1. The number of benzene rings is 2. The van der Waals surface area contributed by atoms with Gasteiger partial charge in [-0.15, -0.1) is 0 Å². The summed E-state index contributed by atoms with van der Waals surface area (Å²) in [6.45, 7) is 6.97. The van der Waals surface area contributed by atoms with Crippen LogP contribution in [0.4, 0.5) is 24.5 Å². The summed E-state index contributed by atoms with van der Waals surface area (Å²) in [5.41, 5.74) is -3.33. The van der Waals surface area contributed by atoms with Gasteiger partial charge in [0.1, 0.15) is 0 Å². The second-order valence-corrected chi connectivity index (χ2v) is 6.09. The number of hydrogen-bond donors (Lipinski definition) is 0. The number of aromatic nitrogens is 1. The Labute approximate surface area is 162 Å². The fourth-order valence-corrected chi connectivity index (χ4v) is 2.90. The number of nitro benzene ring substituents is 1. The lowest BCUT2D eigenvalue weighted by atomic mass is 10.1. The summed E-state index contributed by atoms with van der Waals surface area (Å²) in [6.07, 6.45) is -4.93. The third-order valence-electron chi connectivity index (χ3n) is 4.23. The lowest BCUT2D eigenvalue weighted by Gasteiger charge is -2.18. The van der Waals surface area contributed by atoms with E-state index in [-0.39, 0.29) is 23.5 Å². The molecule has 9 heteroatoms. The minimum absolute atomic E-state index is 0.0641. The van der Waals surface area contributed by atoms with Crippen molar-refractivity contribution in [2.24, 2.45) is 0 Å². The number of halogens is 3. The van der Waals surface area contributed by atoms with Crippen molar-refractivity contribution in [1.82, 2.24) is 4.57 Å². The van der Waals surface area contributed by atoms with E-state index in [1.807, 2.05) is 0 Å². The average molecular weight is 399 g/mol. The van der Waals surface area contributed by atoms with Crippen molar-refractivity contribution in [2.75, 3.05) is 0 Å². The van der Waals surface area contributed by atoms with Gasteiger partial charge in [0.2, 0.25) is 0 Å². The van der Waals surface area contributed by atoms with Gasteiger partial charge in [-0.25, -0.2) is 4.85 Å². The summed E-state index contributed by atoms with van der Waals surface area (Å²) in [4.78, 5) is 26.0. The van der Waals surface area contributed by atoms with Crippen LogP contribution in [0, 0.1) is 16.7 Å². The molecule has 0 aliphatic heterocycles. The van der Waals surface area contributed by atoms with Crippen LogP contribution in [0.25, 0.3) is 16.1 Å². The van der Waals surface area contributed by atoms with Gasteiger partial charge in [-0.1, -0.05) is 42.5 Å². The Morgan fingerprint density at radius 3 is 2.34 bits per heavy atom. The van der Waals surface area contributed by atoms with E-state index in [9.17, 15) is 28.1 Å². The summed E-state index contributed by atoms with van der Waals surface area (Å²) in [7, 11) is 0. The molecule has 0 fully saturated rings. The maximum Gasteiger partial charge on any atom is 0.407 e. The molecule has 6 nitrogen and oxygen atoms in total. The summed E-state index contributed by atoms with van der Waals surface area (Å²) < 4.78 is 41.5. The predicted molar refractivity (Wildman–Crippen MR) is 99.6 cm³/mol. The van der Waals surface area contributed by atoms with E-state index in [4.69, 9.17) is 6.57 Å². The topological polar surface area (TPSA) is 69.5 Å². The van der Waals surface area contributed by atoms with Crippen molar-refractivity contribution in [2.45, 2.75) is 12.7 Å². The molecule has 1 aromatic heterocycles. The minimum Gasteiger partial charge on any atom is -0.313 e. The van der Waals surface area contributed by atoms with Gasteiger partial charge in [0.05, 0.1) is 17.1 Å². The molecule has 2 aromatic carbocycles. The molecular formula is C20H12F3N3O3. The van der Waals surface area contributed by atoms with Gasteiger partial charge in [-0.3, -0.25) is 14.9 Å². The first-order chi connectivity index (χ1) is 13.7. The van der Waals surface area contributed by atoms with E-state index in [0.29, 0.717) is 11.6 Å². The van der Waals surface area contributed by atoms with Crippen LogP contribution in [-0.2, 0) is 12.7 Å². The van der Waals surface area contributed by atoms with Gasteiger partial charge in [-0.2, -0.15) is 13.2 Å². The maximum absolute atomic E-state index is 13.5. The third kappa shape index (κ3) is 4.01. The molecule has 0 N–H and O–H groups in total. The minimum atomic E-state index is -4.93. The Balaban J connectivity index is 2.34. The van der Waals surface area contributed by atoms with Gasteiger partial charge in [0, 0.05) is 29.9 Å². The Morgan fingerprint density at radius 2 is 1.76 bits per heavy atom. The van der Waals surface area contributed by atoms with E-state index in [0.717, 1.165) is 10.6 Å². The second-order valence-electron chi connectivity index (χ2n) is 6.09. The molecule has 0 atom stereocenters. The molecule has 0 aliphatic rings. The SMILES string of the molecule is [C-]#[N+]c1c(C(F)(F)F)cc(-c2cccc([N+](=O)[O-])c2)n(Cc2ccccc2)c1=O. The summed E-state index contributed by atoms with van der Waals surface area (Å²) >= 11 is 0. The number of alkyl halides is 3. The highest BCUT2D eigenvalue weighted by Gasteiger charge is 2.36. The van der Waals surface area contributed by atoms with Crippen molar-refractivity contribution in [3.05, 3.63) is 104 Å². The molecule has 0 aliphatic carbocycles. The van der Waals surface area contributed by atoms with E-state index in [1.54, 1.807) is 30.3 Å². The van der Waals surface area contributed by atoms with Crippen LogP contribution in [0.2, 0.25) is 0 Å². The van der Waals surface area contributed by atoms with E-state index in [1.165, 1.54) is 18.2 Å². The zero-order valence-electron chi connectivity index (χ0n) is 14.7. The molecule has 0 bridgehead atoms. The number of pyridine rings is 1. The van der Waals surface area contributed by atoms with Crippen LogP contribution >= 0.6 is 0 Å². The molecule has 0 spiro atoms. The number of nitro groups is 1. The number of hydrogen-bond acceptors (Lipinski definition) is 3. The largest absolute Gasteiger partial charge is 0.407 e. The van der Waals surface area contributed by atoms with Crippen molar-refractivity contribution >= 4 is 11.4 Å². The quantitative estimate of drug-likeness (QED) is 0.351. The first-order valence-electron chi connectivity index (χ1n) is 8.23. The predicted octanol–water partition coefficient (Wildman–Crippen LogP) is 5.04. The number of nitrogens with zero attached hydrogens (tertiary/aromatic N) is 3. The standard InChI is InChI=1S/C20H12F3N3O3/c1-24-18-16(20(21,22)23)11-17(14-8-5-9-15(10-14)26(28)29)25(19(18)27)12-13-6-3-2-4-7-13/h2-11H,12H2. The highest BCUT2D eigenvalue weighted by atomic mass is 19.4. The van der Waals surface area contributed by atoms with Crippen LogP contribution in [-0.4, -0.2) is 9.49 Å². The van der Waals surface area contributed by atoms with E-state index in [2.05, 4.69) is 4.85 Å². The molecule has 3 rings (SSSR count). The smallest absolute Gasteiger partial charge is 0.313 e. The van der Waals surface area contributed by atoms with Crippen LogP contribution < -0.4 is 5.56 Å². The van der Waals surface area contributed by atoms with Gasteiger partial charge in [0.25, 0.3) is 16.9 Å². The van der Waals surface area contributed by atoms with Crippen molar-refractivity contribution in [1.29, 1.82) is 0 Å². The normalized spacial score (nSPS) is 11.1. The second kappa shape index (κ2) is 7.59. The van der Waals surface area contributed by atoms with Crippen LogP contribution in [0.15, 0.2) is 65.5 Å². The third-order valence-corrected chi connectivity index (χ3v) is 4.23. The molecule has 29 heavy (non-hydrogen) atoms. The average Bonchev–Trinajstić information content (AvgIpc) is 2.69. The fraction of sp³-hybridized carbons (Fsp3) is 0.100. The maximum atomic E-state index is 13.5. The first kappa shape index (κ1) is 19.8. The zero-order chi connectivity index (χ0) is 21.2. The molecule has 0 unspecified atom stereocenters. The Bertz CT molecular complexity index is 1180. The van der Waals surface area contributed by atoms with Gasteiger partial charge >= 0.3 is 6.18 Å². The van der Waals surface area contributed by atoms with Crippen molar-refractivity contribution in [3.63, 3.8) is 0 Å². The molecule has 0 radical (unpaired) electrons. The molecule has 0 amide bonds. The zero-order valence-corrected chi connectivity index (χ0v) is 14.7. The van der Waals surface area contributed by atoms with Crippen molar-refractivity contribution < 1.29 is 18.1 Å². The van der Waals surface area contributed by atoms with E-state index >= 15 is 0 Å². The fourth-order valence-electron chi connectivity index (χ4n) is 2.90. The van der Waals surface area contributed by atoms with Crippen molar-refractivity contribution in [3.8, 4) is 11.3 Å². The number of rotatable bonds is 4. The van der Waals surface area contributed by atoms with Gasteiger partial charge in [-0.05, 0) is 11.6 Å². The Kier molecular flexibility index (Phi) is 5.19. The monoisotopic (exact) mass is 399 g/mol. The lowest BCUT2D eigenvalue weighted by molar-refractivity contribution is -0.384. The highest BCUT2D eigenvalue weighted by molar-refractivity contribution is 5.68. The van der Waals surface area contributed by atoms with Crippen LogP contribution in [0.1, 0.15) is 11.1 Å². The molecule has 0 saturated heterocycles. The Hall–Kier alpha value is -3.93. The van der Waals surface area contributed by atoms with Gasteiger partial charge in [0.15, 0.2) is 0 Å². The summed E-state index contributed by atoms with van der Waals surface area (Å²) in [6, 6.07) is 14.2. The lowest BCUT2D eigenvalue weighted by Crippen LogP contribution is -2.25. The Morgan fingerprint density at radius 1 is 1.07 bits per heavy atom. The number of non-ortho nitro benzene ring substituents is 1. The van der Waals surface area contributed by atoms with Crippen LogP contribution in [0.5, 0.6) is 0 Å². The first-order valence-corrected chi connectivity index (χ1v) is 8.23. The molecule has 1 heterocycles. The molecule has 146 valence electrons. The molecular weight excluding hydrogens is 387 g/mol. The highest BCUT2D eigenvalue weighted by Crippen LogP contribution is 2.37.